The molecule has 2 fully saturated rings. The molecule has 250 valence electrons. The van der Waals surface area contributed by atoms with Gasteiger partial charge in [-0.25, -0.2) is 4.98 Å². The average molecular weight is 658 g/mol. The molecule has 7 rings (SSSR count). The second-order valence-corrected chi connectivity index (χ2v) is 12.9. The maximum absolute atomic E-state index is 13.6. The zero-order valence-corrected chi connectivity index (χ0v) is 27.4. The highest BCUT2D eigenvalue weighted by Gasteiger charge is 2.37. The number of nitrogens with zero attached hydrogens (tertiary/aromatic N) is 3. The number of ketones is 2. The Labute approximate surface area is 284 Å². The van der Waals surface area contributed by atoms with Gasteiger partial charge in [0.05, 0.1) is 18.3 Å². The third kappa shape index (κ3) is 6.69. The molecule has 3 aromatic carbocycles. The van der Waals surface area contributed by atoms with Crippen molar-refractivity contribution in [3.05, 3.63) is 114 Å². The van der Waals surface area contributed by atoms with Crippen LogP contribution in [-0.4, -0.2) is 75.4 Å². The molecule has 10 heteroatoms. The summed E-state index contributed by atoms with van der Waals surface area (Å²) in [5.74, 6) is -0.350. The van der Waals surface area contributed by atoms with Gasteiger partial charge in [0.2, 0.25) is 5.91 Å². The molecule has 0 bridgehead atoms. The third-order valence-electron chi connectivity index (χ3n) is 9.78. The van der Waals surface area contributed by atoms with Crippen LogP contribution in [0.25, 0.3) is 22.2 Å². The van der Waals surface area contributed by atoms with Crippen LogP contribution in [0.2, 0.25) is 0 Å². The quantitative estimate of drug-likeness (QED) is 0.197. The van der Waals surface area contributed by atoms with Gasteiger partial charge < -0.3 is 24.5 Å². The van der Waals surface area contributed by atoms with Crippen LogP contribution in [0.4, 0.5) is 0 Å². The van der Waals surface area contributed by atoms with E-state index in [9.17, 15) is 19.2 Å². The Hall–Kier alpha value is -5.35. The Morgan fingerprint density at radius 3 is 2.22 bits per heavy atom. The fraction of sp³-hybridized carbons (Fsp3) is 0.308. The van der Waals surface area contributed by atoms with Crippen LogP contribution in [0.15, 0.2) is 95.7 Å². The van der Waals surface area contributed by atoms with Gasteiger partial charge in [0.1, 0.15) is 12.3 Å². The van der Waals surface area contributed by atoms with Gasteiger partial charge in [0, 0.05) is 42.5 Å². The van der Waals surface area contributed by atoms with Crippen molar-refractivity contribution in [1.29, 1.82) is 0 Å². The largest absolute Gasteiger partial charge is 0.441 e. The Balaban J connectivity index is 0.993. The van der Waals surface area contributed by atoms with Crippen molar-refractivity contribution in [2.75, 3.05) is 20.1 Å². The van der Waals surface area contributed by atoms with Crippen molar-refractivity contribution < 1.29 is 23.6 Å². The summed E-state index contributed by atoms with van der Waals surface area (Å²) in [6.45, 7) is 1.09. The molecule has 3 atom stereocenters. The van der Waals surface area contributed by atoms with Crippen LogP contribution in [0.3, 0.4) is 0 Å². The number of benzene rings is 3. The van der Waals surface area contributed by atoms with Gasteiger partial charge in [-0.2, -0.15) is 0 Å². The minimum Gasteiger partial charge on any atom is -0.441 e. The average Bonchev–Trinajstić information content (AvgIpc) is 3.95. The van der Waals surface area contributed by atoms with E-state index in [2.05, 4.69) is 21.4 Å². The zero-order valence-electron chi connectivity index (χ0n) is 27.4. The normalized spacial score (nSPS) is 18.2. The fourth-order valence-electron chi connectivity index (χ4n) is 7.29. The van der Waals surface area contributed by atoms with E-state index in [0.29, 0.717) is 25.9 Å². The lowest BCUT2D eigenvalue weighted by atomic mass is 9.99. The SMILES string of the molecule is CN[C@@H](C(=O)N1CCC[C@H]1C(=O)Cc1ccc2[nH]c(-c3ccc(CC(=O)[C@@H]4CCCN4C(=O)c4ncco4)cc3)cc2c1)c1ccccc1. The Morgan fingerprint density at radius 2 is 1.53 bits per heavy atom. The molecule has 0 spiro atoms. The van der Waals surface area contributed by atoms with E-state index >= 15 is 0 Å². The summed E-state index contributed by atoms with van der Waals surface area (Å²) >= 11 is 0. The van der Waals surface area contributed by atoms with Crippen LogP contribution in [0.1, 0.15) is 59.1 Å². The minimum absolute atomic E-state index is 0.000905. The van der Waals surface area contributed by atoms with Crippen molar-refractivity contribution in [2.24, 2.45) is 0 Å². The van der Waals surface area contributed by atoms with Gasteiger partial charge in [0.15, 0.2) is 11.6 Å². The number of nitrogens with one attached hydrogen (secondary N) is 2. The number of rotatable bonds is 11. The molecule has 2 amide bonds. The van der Waals surface area contributed by atoms with E-state index < -0.39 is 18.1 Å². The number of carbonyl (C=O) groups is 4. The second kappa shape index (κ2) is 14.0. The molecule has 10 nitrogen and oxygen atoms in total. The number of Topliss-reactive ketones (excluding diaryl/α,β-unsaturated/α-hetero) is 2. The molecule has 2 aliphatic heterocycles. The van der Waals surface area contributed by atoms with Crippen LogP contribution in [0, 0.1) is 0 Å². The van der Waals surface area contributed by atoms with E-state index in [1.165, 1.54) is 12.5 Å². The lowest BCUT2D eigenvalue weighted by Gasteiger charge is -2.28. The van der Waals surface area contributed by atoms with E-state index in [-0.39, 0.29) is 42.1 Å². The molecule has 2 aromatic heterocycles. The highest BCUT2D eigenvalue weighted by Crippen LogP contribution is 2.29. The maximum atomic E-state index is 13.6. The molecule has 2 saturated heterocycles. The smallest absolute Gasteiger partial charge is 0.310 e. The van der Waals surface area contributed by atoms with Gasteiger partial charge in [0.25, 0.3) is 5.89 Å². The Bertz CT molecular complexity index is 1970. The number of fused-ring (bicyclic) bond motifs is 1. The first-order valence-electron chi connectivity index (χ1n) is 16.9. The molecule has 5 aromatic rings. The van der Waals surface area contributed by atoms with Crippen molar-refractivity contribution >= 4 is 34.3 Å². The van der Waals surface area contributed by atoms with Crippen molar-refractivity contribution in [1.82, 2.24) is 25.1 Å². The summed E-state index contributed by atoms with van der Waals surface area (Å²) in [5.41, 5.74) is 5.54. The summed E-state index contributed by atoms with van der Waals surface area (Å²) in [7, 11) is 1.77. The minimum atomic E-state index is -0.488. The number of aromatic nitrogens is 2. The van der Waals surface area contributed by atoms with Crippen molar-refractivity contribution in [3.63, 3.8) is 0 Å². The number of likely N-dealkylation sites (tertiary alicyclic amines) is 2. The molecular weight excluding hydrogens is 618 g/mol. The molecule has 0 radical (unpaired) electrons. The topological polar surface area (TPSA) is 129 Å². The number of amides is 2. The first-order chi connectivity index (χ1) is 23.9. The number of carbonyl (C=O) groups excluding carboxylic acids is 4. The molecular formula is C39H39N5O5. The summed E-state index contributed by atoms with van der Waals surface area (Å²) in [4.78, 5) is 63.8. The zero-order chi connectivity index (χ0) is 33.9. The molecule has 49 heavy (non-hydrogen) atoms. The third-order valence-corrected chi connectivity index (χ3v) is 9.78. The monoisotopic (exact) mass is 657 g/mol. The van der Waals surface area contributed by atoms with E-state index in [1.807, 2.05) is 72.8 Å². The predicted molar refractivity (Wildman–Crippen MR) is 185 cm³/mol. The molecule has 0 unspecified atom stereocenters. The molecule has 2 N–H and O–H groups in total. The van der Waals surface area contributed by atoms with Crippen LogP contribution in [-0.2, 0) is 27.2 Å². The highest BCUT2D eigenvalue weighted by atomic mass is 16.4. The van der Waals surface area contributed by atoms with Crippen LogP contribution in [0.5, 0.6) is 0 Å². The number of H-pyrrole nitrogens is 1. The number of hydrogen-bond acceptors (Lipinski definition) is 7. The first kappa shape index (κ1) is 32.2. The molecule has 0 aliphatic carbocycles. The lowest BCUT2D eigenvalue weighted by Crippen LogP contribution is -2.46. The summed E-state index contributed by atoms with van der Waals surface area (Å²) in [5, 5.41) is 4.13. The number of aromatic amines is 1. The van der Waals surface area contributed by atoms with Gasteiger partial charge in [-0.1, -0.05) is 60.7 Å². The maximum Gasteiger partial charge on any atom is 0.310 e. The fourth-order valence-corrected chi connectivity index (χ4v) is 7.29. The second-order valence-electron chi connectivity index (χ2n) is 12.9. The summed E-state index contributed by atoms with van der Waals surface area (Å²) in [6.07, 6.45) is 6.15. The van der Waals surface area contributed by atoms with E-state index in [0.717, 1.165) is 51.7 Å². The summed E-state index contributed by atoms with van der Waals surface area (Å²) < 4.78 is 5.16. The van der Waals surface area contributed by atoms with Gasteiger partial charge >= 0.3 is 5.91 Å². The van der Waals surface area contributed by atoms with E-state index in [4.69, 9.17) is 4.42 Å². The summed E-state index contributed by atoms with van der Waals surface area (Å²) in [6, 6.07) is 24.1. The van der Waals surface area contributed by atoms with Crippen molar-refractivity contribution in [2.45, 2.75) is 56.7 Å². The first-order valence-corrected chi connectivity index (χ1v) is 16.9. The highest BCUT2D eigenvalue weighted by molar-refractivity contribution is 5.96. The molecule has 0 saturated carbocycles. The number of likely N-dealkylation sites (N-methyl/N-ethyl adjacent to an activating group) is 1. The Kier molecular flexibility index (Phi) is 9.21. The van der Waals surface area contributed by atoms with E-state index in [1.54, 1.807) is 16.8 Å². The Morgan fingerprint density at radius 1 is 0.857 bits per heavy atom. The van der Waals surface area contributed by atoms with Crippen molar-refractivity contribution in [3.8, 4) is 11.3 Å². The van der Waals surface area contributed by atoms with Crippen LogP contribution < -0.4 is 5.32 Å². The van der Waals surface area contributed by atoms with Crippen LogP contribution >= 0.6 is 0 Å². The standard InChI is InChI=1S/C39H39N5O5/c1-40-36(28-7-3-2-4-8-28)38(47)43-18-5-9-32(43)35(46)23-26-13-16-30-29(21-26)24-31(42-30)27-14-11-25(12-15-27)22-34(45)33-10-6-19-44(33)39(48)37-41-17-20-49-37/h2-4,7-8,11-17,20-21,24,32-33,36,40,42H,5-6,9-10,18-19,22-23H2,1H3/t32-,33-,36+/m0/s1. The van der Waals surface area contributed by atoms with Gasteiger partial charge in [-0.05, 0) is 73.2 Å². The molecule has 2 aliphatic rings. The number of oxazole rings is 1. The lowest BCUT2D eigenvalue weighted by molar-refractivity contribution is -0.139. The van der Waals surface area contributed by atoms with Gasteiger partial charge in [-0.15, -0.1) is 0 Å². The molecule has 4 heterocycles. The van der Waals surface area contributed by atoms with Gasteiger partial charge in [-0.3, -0.25) is 19.2 Å². The predicted octanol–water partition coefficient (Wildman–Crippen LogP) is 5.30. The number of hydrogen-bond donors (Lipinski definition) is 2.